The molecule has 0 bridgehead atoms. The fraction of sp³-hybridized carbons (Fsp3) is 0.400. The van der Waals surface area contributed by atoms with Crippen molar-refractivity contribution in [3.05, 3.63) is 35.9 Å². The van der Waals surface area contributed by atoms with E-state index >= 15 is 0 Å². The summed E-state index contributed by atoms with van der Waals surface area (Å²) in [5.41, 5.74) is 0.745. The molecule has 1 rings (SSSR count). The Bertz CT molecular complexity index is 226. The Morgan fingerprint density at radius 2 is 2.00 bits per heavy atom. The Labute approximate surface area is 83.4 Å². The van der Waals surface area contributed by atoms with Crippen molar-refractivity contribution in [2.45, 2.75) is 12.2 Å². The third kappa shape index (κ3) is 4.27. The van der Waals surface area contributed by atoms with Gasteiger partial charge in [0, 0.05) is 7.11 Å². The van der Waals surface area contributed by atoms with Crippen LogP contribution in [0.15, 0.2) is 30.3 Å². The Morgan fingerprint density at radius 1 is 1.31 bits per heavy atom. The van der Waals surface area contributed by atoms with E-state index in [0.717, 1.165) is 5.56 Å². The van der Waals surface area contributed by atoms with Gasteiger partial charge in [0.1, 0.15) is 0 Å². The topological polar surface area (TPSA) is 18.5 Å². The van der Waals surface area contributed by atoms with E-state index in [1.165, 1.54) is 0 Å². The van der Waals surface area contributed by atoms with Gasteiger partial charge in [-0.15, -0.1) is 0 Å². The molecule has 1 atom stereocenters. The summed E-state index contributed by atoms with van der Waals surface area (Å²) in [5, 5.41) is 0. The van der Waals surface area contributed by atoms with Crippen LogP contribution < -0.4 is 0 Å². The van der Waals surface area contributed by atoms with Crippen molar-refractivity contribution in [1.29, 1.82) is 0 Å². The van der Waals surface area contributed by atoms with Gasteiger partial charge in [-0.05, 0) is 5.56 Å². The third-order valence-corrected chi connectivity index (χ3v) is 1.82. The molecule has 72 valence electrons. The van der Waals surface area contributed by atoms with Gasteiger partial charge in [-0.3, -0.25) is 0 Å². The predicted molar refractivity (Wildman–Crippen MR) is 52.7 cm³/mol. The van der Waals surface area contributed by atoms with E-state index in [0.29, 0.717) is 13.2 Å². The minimum absolute atomic E-state index is 0.370. The molecule has 0 radical (unpaired) electrons. The van der Waals surface area contributed by atoms with Crippen molar-refractivity contribution in [1.82, 2.24) is 0 Å². The molecule has 1 unspecified atom stereocenters. The second kappa shape index (κ2) is 5.97. The maximum absolute atomic E-state index is 5.78. The zero-order chi connectivity index (χ0) is 9.52. The molecule has 0 saturated heterocycles. The number of ether oxygens (including phenoxy) is 2. The van der Waals surface area contributed by atoms with Crippen LogP contribution in [0.5, 0.6) is 0 Å². The molecule has 3 heteroatoms. The van der Waals surface area contributed by atoms with E-state index in [2.05, 4.69) is 0 Å². The van der Waals surface area contributed by atoms with Crippen molar-refractivity contribution in [3.63, 3.8) is 0 Å². The summed E-state index contributed by atoms with van der Waals surface area (Å²) < 4.78 is 10.1. The first-order valence-electron chi connectivity index (χ1n) is 4.11. The number of alkyl halides is 1. The van der Waals surface area contributed by atoms with Crippen molar-refractivity contribution in [3.8, 4) is 0 Å². The summed E-state index contributed by atoms with van der Waals surface area (Å²) in [7, 11) is 1.60. The number of rotatable bonds is 5. The summed E-state index contributed by atoms with van der Waals surface area (Å²) in [6, 6.07) is 9.90. The minimum atomic E-state index is -0.370. The fourth-order valence-corrected chi connectivity index (χ4v) is 1.13. The monoisotopic (exact) mass is 200 g/mol. The smallest absolute Gasteiger partial charge is 0.154 e. The van der Waals surface area contributed by atoms with Gasteiger partial charge in [0.25, 0.3) is 0 Å². The quantitative estimate of drug-likeness (QED) is 0.680. The lowest BCUT2D eigenvalue weighted by atomic mass is 10.2. The first-order chi connectivity index (χ1) is 6.33. The third-order valence-electron chi connectivity index (χ3n) is 1.57. The van der Waals surface area contributed by atoms with Crippen LogP contribution in [0.3, 0.4) is 0 Å². The van der Waals surface area contributed by atoms with E-state index in [1.54, 1.807) is 7.11 Å². The van der Waals surface area contributed by atoms with E-state index < -0.39 is 0 Å². The van der Waals surface area contributed by atoms with Crippen LogP contribution in [0.25, 0.3) is 0 Å². The first-order valence-corrected chi connectivity index (χ1v) is 4.55. The second-order valence-electron chi connectivity index (χ2n) is 2.66. The lowest BCUT2D eigenvalue weighted by Gasteiger charge is -2.09. The van der Waals surface area contributed by atoms with Gasteiger partial charge in [0.2, 0.25) is 0 Å². The van der Waals surface area contributed by atoms with Crippen molar-refractivity contribution < 1.29 is 9.47 Å². The molecule has 0 aliphatic rings. The lowest BCUT2D eigenvalue weighted by molar-refractivity contribution is 0.0355. The second-order valence-corrected chi connectivity index (χ2v) is 3.15. The van der Waals surface area contributed by atoms with Crippen molar-refractivity contribution >= 4 is 11.6 Å². The molecule has 0 amide bonds. The van der Waals surface area contributed by atoms with Gasteiger partial charge in [-0.2, -0.15) is 0 Å². The van der Waals surface area contributed by atoms with Gasteiger partial charge in [-0.1, -0.05) is 41.9 Å². The maximum Gasteiger partial charge on any atom is 0.154 e. The van der Waals surface area contributed by atoms with E-state index in [-0.39, 0.29) is 5.56 Å². The average molecular weight is 201 g/mol. The van der Waals surface area contributed by atoms with Gasteiger partial charge >= 0.3 is 0 Å². The van der Waals surface area contributed by atoms with Crippen LogP contribution in [0, 0.1) is 0 Å². The molecule has 0 aromatic heterocycles. The molecule has 2 nitrogen and oxygen atoms in total. The van der Waals surface area contributed by atoms with Crippen LogP contribution in [-0.4, -0.2) is 19.3 Å². The highest BCUT2D eigenvalue weighted by Gasteiger charge is 2.02. The van der Waals surface area contributed by atoms with E-state index in [9.17, 15) is 0 Å². The fourth-order valence-electron chi connectivity index (χ4n) is 0.940. The van der Waals surface area contributed by atoms with Gasteiger partial charge in [-0.25, -0.2) is 0 Å². The molecule has 13 heavy (non-hydrogen) atoms. The lowest BCUT2D eigenvalue weighted by Crippen LogP contribution is -2.11. The summed E-state index contributed by atoms with van der Waals surface area (Å²) >= 11 is 5.78. The molecule has 0 aliphatic heterocycles. The molecule has 0 saturated carbocycles. The average Bonchev–Trinajstić information content (AvgIpc) is 2.17. The molecular weight excluding hydrogens is 188 g/mol. The van der Waals surface area contributed by atoms with Crippen LogP contribution in [0.2, 0.25) is 0 Å². The molecular formula is C10H13ClO2. The summed E-state index contributed by atoms with van der Waals surface area (Å²) in [4.78, 5) is 0. The molecule has 0 aliphatic carbocycles. The number of halogens is 1. The van der Waals surface area contributed by atoms with Gasteiger partial charge < -0.3 is 9.47 Å². The SMILES string of the molecule is COCC(Cl)OCc1ccccc1. The molecule has 0 heterocycles. The van der Waals surface area contributed by atoms with Crippen LogP contribution in [0.4, 0.5) is 0 Å². The van der Waals surface area contributed by atoms with E-state index in [1.807, 2.05) is 30.3 Å². The Kier molecular flexibility index (Phi) is 4.83. The van der Waals surface area contributed by atoms with Gasteiger partial charge in [0.05, 0.1) is 13.2 Å². The summed E-state index contributed by atoms with van der Waals surface area (Å²) in [6.45, 7) is 0.937. The molecule has 0 fully saturated rings. The molecule has 0 spiro atoms. The Balaban J connectivity index is 2.27. The zero-order valence-corrected chi connectivity index (χ0v) is 8.33. The Hall–Kier alpha value is -0.570. The number of hydrogen-bond donors (Lipinski definition) is 0. The highest BCUT2D eigenvalue weighted by atomic mass is 35.5. The number of benzene rings is 1. The number of methoxy groups -OCH3 is 1. The van der Waals surface area contributed by atoms with Crippen molar-refractivity contribution in [2.75, 3.05) is 13.7 Å². The number of hydrogen-bond acceptors (Lipinski definition) is 2. The highest BCUT2D eigenvalue weighted by Crippen LogP contribution is 2.05. The summed E-state index contributed by atoms with van der Waals surface area (Å²) in [6.07, 6.45) is 0. The van der Waals surface area contributed by atoms with Crippen LogP contribution in [0.1, 0.15) is 5.56 Å². The molecule has 1 aromatic carbocycles. The highest BCUT2D eigenvalue weighted by molar-refractivity contribution is 6.19. The zero-order valence-electron chi connectivity index (χ0n) is 7.57. The summed E-state index contributed by atoms with van der Waals surface area (Å²) in [5.74, 6) is 0. The van der Waals surface area contributed by atoms with Crippen molar-refractivity contribution in [2.24, 2.45) is 0 Å². The molecule has 1 aromatic rings. The predicted octanol–water partition coefficient (Wildman–Crippen LogP) is 2.41. The van der Waals surface area contributed by atoms with E-state index in [4.69, 9.17) is 21.1 Å². The molecule has 0 N–H and O–H groups in total. The largest absolute Gasteiger partial charge is 0.381 e. The standard InChI is InChI=1S/C10H13ClO2/c1-12-8-10(11)13-7-9-5-3-2-4-6-9/h2-6,10H,7-8H2,1H3. The first kappa shape index (κ1) is 10.5. The normalized spacial score (nSPS) is 12.8. The maximum atomic E-state index is 5.78. The Morgan fingerprint density at radius 3 is 2.62 bits per heavy atom. The van der Waals surface area contributed by atoms with Crippen LogP contribution in [-0.2, 0) is 16.1 Å². The van der Waals surface area contributed by atoms with Gasteiger partial charge in [0.15, 0.2) is 5.56 Å². The minimum Gasteiger partial charge on any atom is -0.381 e. The van der Waals surface area contributed by atoms with Crippen LogP contribution >= 0.6 is 11.6 Å².